The standard InChI is InChI=1S/C22H29NO5S/c1-6-27-19-12-11-16(14-20(19)28-7-2)21(15(3)4)23-22(24)17-9-8-10-18(13-17)29(5,25)26/h8-15,21H,6-7H2,1-5H3,(H,23,24). The van der Waals surface area contributed by atoms with E-state index in [1.807, 2.05) is 45.9 Å². The molecule has 0 aliphatic rings. The van der Waals surface area contributed by atoms with Crippen LogP contribution in [0, 0.1) is 5.92 Å². The van der Waals surface area contributed by atoms with E-state index in [2.05, 4.69) is 5.32 Å². The molecule has 2 aromatic rings. The Balaban J connectivity index is 2.33. The topological polar surface area (TPSA) is 81.7 Å². The van der Waals surface area contributed by atoms with E-state index in [4.69, 9.17) is 9.47 Å². The number of ether oxygens (including phenoxy) is 2. The van der Waals surface area contributed by atoms with Gasteiger partial charge in [0, 0.05) is 11.8 Å². The van der Waals surface area contributed by atoms with Gasteiger partial charge < -0.3 is 14.8 Å². The van der Waals surface area contributed by atoms with Crippen molar-refractivity contribution >= 4 is 15.7 Å². The lowest BCUT2D eigenvalue weighted by molar-refractivity contribution is 0.0925. The molecule has 0 saturated heterocycles. The first-order valence-corrected chi connectivity index (χ1v) is 11.6. The van der Waals surface area contributed by atoms with Crippen LogP contribution in [-0.4, -0.2) is 33.8 Å². The Morgan fingerprint density at radius 2 is 1.66 bits per heavy atom. The van der Waals surface area contributed by atoms with E-state index in [1.165, 1.54) is 12.1 Å². The molecule has 0 bridgehead atoms. The fourth-order valence-electron chi connectivity index (χ4n) is 2.99. The van der Waals surface area contributed by atoms with Gasteiger partial charge in [0.1, 0.15) is 0 Å². The molecule has 0 spiro atoms. The zero-order chi connectivity index (χ0) is 21.6. The van der Waals surface area contributed by atoms with Gasteiger partial charge in [-0.1, -0.05) is 26.0 Å². The molecule has 1 amide bonds. The number of carbonyl (C=O) groups excluding carboxylic acids is 1. The predicted octanol–water partition coefficient (Wildman–Crippen LogP) is 4.01. The van der Waals surface area contributed by atoms with Crippen LogP contribution < -0.4 is 14.8 Å². The third-order valence-corrected chi connectivity index (χ3v) is 5.51. The minimum Gasteiger partial charge on any atom is -0.490 e. The maximum Gasteiger partial charge on any atom is 0.251 e. The van der Waals surface area contributed by atoms with Gasteiger partial charge in [0.15, 0.2) is 21.3 Å². The molecule has 0 saturated carbocycles. The van der Waals surface area contributed by atoms with Crippen molar-refractivity contribution in [2.24, 2.45) is 5.92 Å². The summed E-state index contributed by atoms with van der Waals surface area (Å²) >= 11 is 0. The summed E-state index contributed by atoms with van der Waals surface area (Å²) in [7, 11) is -3.39. The van der Waals surface area contributed by atoms with Crippen LogP contribution in [0.5, 0.6) is 11.5 Å². The van der Waals surface area contributed by atoms with E-state index in [0.29, 0.717) is 30.3 Å². The van der Waals surface area contributed by atoms with E-state index in [-0.39, 0.29) is 22.8 Å². The molecule has 0 aliphatic carbocycles. The minimum atomic E-state index is -3.39. The van der Waals surface area contributed by atoms with Gasteiger partial charge in [-0.3, -0.25) is 4.79 Å². The summed E-state index contributed by atoms with van der Waals surface area (Å²) in [6.07, 6.45) is 1.12. The smallest absolute Gasteiger partial charge is 0.251 e. The second-order valence-corrected chi connectivity index (χ2v) is 9.08. The van der Waals surface area contributed by atoms with Crippen LogP contribution in [0.4, 0.5) is 0 Å². The molecule has 0 fully saturated rings. The molecule has 1 atom stereocenters. The number of rotatable bonds is 9. The zero-order valence-corrected chi connectivity index (χ0v) is 18.4. The van der Waals surface area contributed by atoms with Gasteiger partial charge in [0.25, 0.3) is 5.91 Å². The molecule has 2 aromatic carbocycles. The van der Waals surface area contributed by atoms with Crippen molar-refractivity contribution in [3.63, 3.8) is 0 Å². The lowest BCUT2D eigenvalue weighted by Gasteiger charge is -2.24. The fourth-order valence-corrected chi connectivity index (χ4v) is 3.66. The second-order valence-electron chi connectivity index (χ2n) is 7.07. The lowest BCUT2D eigenvalue weighted by atomic mass is 9.95. The third-order valence-electron chi connectivity index (χ3n) is 4.40. The highest BCUT2D eigenvalue weighted by atomic mass is 32.2. The molecular weight excluding hydrogens is 390 g/mol. The van der Waals surface area contributed by atoms with Gasteiger partial charge in [-0.05, 0) is 55.7 Å². The molecule has 1 N–H and O–H groups in total. The van der Waals surface area contributed by atoms with E-state index in [1.54, 1.807) is 12.1 Å². The maximum atomic E-state index is 12.8. The highest BCUT2D eigenvalue weighted by Crippen LogP contribution is 2.33. The zero-order valence-electron chi connectivity index (χ0n) is 17.6. The van der Waals surface area contributed by atoms with Crippen molar-refractivity contribution in [1.29, 1.82) is 0 Å². The lowest BCUT2D eigenvalue weighted by Crippen LogP contribution is -2.31. The van der Waals surface area contributed by atoms with E-state index < -0.39 is 9.84 Å². The molecular formula is C22H29NO5S. The monoisotopic (exact) mass is 419 g/mol. The summed E-state index contributed by atoms with van der Waals surface area (Å²) in [6.45, 7) is 8.86. The summed E-state index contributed by atoms with van der Waals surface area (Å²) in [5.41, 5.74) is 1.19. The van der Waals surface area contributed by atoms with Gasteiger partial charge in [0.05, 0.1) is 24.2 Å². The largest absolute Gasteiger partial charge is 0.490 e. The summed E-state index contributed by atoms with van der Waals surface area (Å²) in [5.74, 6) is 1.06. The van der Waals surface area contributed by atoms with Gasteiger partial charge in [-0.2, -0.15) is 0 Å². The molecule has 6 nitrogen and oxygen atoms in total. The van der Waals surface area contributed by atoms with E-state index >= 15 is 0 Å². The first-order chi connectivity index (χ1) is 13.7. The Kier molecular flexibility index (Phi) is 7.67. The van der Waals surface area contributed by atoms with Crippen LogP contribution in [0.15, 0.2) is 47.4 Å². The van der Waals surface area contributed by atoms with Crippen molar-refractivity contribution in [1.82, 2.24) is 5.32 Å². The Morgan fingerprint density at radius 3 is 2.24 bits per heavy atom. The number of carbonyl (C=O) groups is 1. The van der Waals surface area contributed by atoms with Crippen LogP contribution in [0.3, 0.4) is 0 Å². The van der Waals surface area contributed by atoms with Gasteiger partial charge in [-0.15, -0.1) is 0 Å². The molecule has 158 valence electrons. The highest BCUT2D eigenvalue weighted by Gasteiger charge is 2.22. The highest BCUT2D eigenvalue weighted by molar-refractivity contribution is 7.90. The average molecular weight is 420 g/mol. The summed E-state index contributed by atoms with van der Waals surface area (Å²) in [5, 5.41) is 3.02. The number of nitrogens with one attached hydrogen (secondary N) is 1. The molecule has 2 rings (SSSR count). The SMILES string of the molecule is CCOc1ccc(C(NC(=O)c2cccc(S(C)(=O)=O)c2)C(C)C)cc1OCC. The van der Waals surface area contributed by atoms with Crippen LogP contribution in [0.2, 0.25) is 0 Å². The summed E-state index contributed by atoms with van der Waals surface area (Å²) in [6, 6.07) is 11.4. The maximum absolute atomic E-state index is 12.8. The Hall–Kier alpha value is -2.54. The van der Waals surface area contributed by atoms with Crippen LogP contribution >= 0.6 is 0 Å². The number of hydrogen-bond acceptors (Lipinski definition) is 5. The number of hydrogen-bond donors (Lipinski definition) is 1. The quantitative estimate of drug-likeness (QED) is 0.664. The average Bonchev–Trinajstić information content (AvgIpc) is 2.67. The molecule has 0 heterocycles. The second kappa shape index (κ2) is 9.78. The van der Waals surface area contributed by atoms with Gasteiger partial charge in [0.2, 0.25) is 0 Å². The summed E-state index contributed by atoms with van der Waals surface area (Å²) in [4.78, 5) is 12.9. The molecule has 0 aliphatic heterocycles. The first kappa shape index (κ1) is 22.7. The van der Waals surface area contributed by atoms with Crippen LogP contribution in [-0.2, 0) is 9.84 Å². The number of amides is 1. The van der Waals surface area contributed by atoms with Crippen LogP contribution in [0.25, 0.3) is 0 Å². The predicted molar refractivity (Wildman–Crippen MR) is 113 cm³/mol. The molecule has 1 unspecified atom stereocenters. The Labute approximate surface area is 173 Å². The summed E-state index contributed by atoms with van der Waals surface area (Å²) < 4.78 is 34.9. The van der Waals surface area contributed by atoms with Crippen molar-refractivity contribution in [3.05, 3.63) is 53.6 Å². The third kappa shape index (κ3) is 5.97. The van der Waals surface area contributed by atoms with E-state index in [0.717, 1.165) is 11.8 Å². The molecule has 0 radical (unpaired) electrons. The number of sulfone groups is 1. The molecule has 7 heteroatoms. The minimum absolute atomic E-state index is 0.101. The van der Waals surface area contributed by atoms with Crippen molar-refractivity contribution in [2.45, 2.75) is 38.6 Å². The van der Waals surface area contributed by atoms with Crippen molar-refractivity contribution < 1.29 is 22.7 Å². The van der Waals surface area contributed by atoms with Crippen molar-refractivity contribution in [2.75, 3.05) is 19.5 Å². The normalized spacial score (nSPS) is 12.5. The number of benzene rings is 2. The molecule has 29 heavy (non-hydrogen) atoms. The van der Waals surface area contributed by atoms with Crippen molar-refractivity contribution in [3.8, 4) is 11.5 Å². The Morgan fingerprint density at radius 1 is 1.00 bits per heavy atom. The van der Waals surface area contributed by atoms with Crippen LogP contribution in [0.1, 0.15) is 49.7 Å². The van der Waals surface area contributed by atoms with E-state index in [9.17, 15) is 13.2 Å². The Bertz CT molecular complexity index is 953. The first-order valence-electron chi connectivity index (χ1n) is 9.67. The molecule has 0 aromatic heterocycles. The fraction of sp³-hybridized carbons (Fsp3) is 0.409. The van der Waals surface area contributed by atoms with Gasteiger partial charge >= 0.3 is 0 Å². The van der Waals surface area contributed by atoms with Gasteiger partial charge in [-0.25, -0.2) is 8.42 Å².